The Morgan fingerprint density at radius 2 is 1.24 bits per heavy atom. The molecule has 0 radical (unpaired) electrons. The quantitative estimate of drug-likeness (QED) is 0.353. The van der Waals surface area contributed by atoms with E-state index < -0.39 is 52.2 Å². The lowest BCUT2D eigenvalue weighted by atomic mass is 10.2. The van der Waals surface area contributed by atoms with E-state index in [0.29, 0.717) is 6.07 Å². The summed E-state index contributed by atoms with van der Waals surface area (Å²) in [5.41, 5.74) is 0.461. The van der Waals surface area contributed by atoms with Crippen LogP contribution in [-0.2, 0) is 0 Å². The molecule has 10 heteroatoms. The molecule has 0 fully saturated rings. The second-order valence-corrected chi connectivity index (χ2v) is 3.76. The number of nitrogen functional groups attached to an aromatic ring is 1. The molecule has 112 valence electrons. The van der Waals surface area contributed by atoms with E-state index in [1.54, 1.807) is 10.7 Å². The zero-order chi connectivity index (χ0) is 15.7. The van der Waals surface area contributed by atoms with Gasteiger partial charge in [-0.25, -0.2) is 37.2 Å². The number of hydrogen-bond acceptors (Lipinski definition) is 4. The number of nitrogens with two attached hydrogens (primary N) is 1. The summed E-state index contributed by atoms with van der Waals surface area (Å²) in [6.07, 6.45) is 0. The predicted molar refractivity (Wildman–Crippen MR) is 61.5 cm³/mol. The molecule has 0 saturated heterocycles. The molecule has 1 heterocycles. The molecular weight excluding hydrogens is 302 g/mol. The number of nitrogens with zero attached hydrogens (tertiary/aromatic N) is 1. The highest BCUT2D eigenvalue weighted by atomic mass is 19.2. The highest BCUT2D eigenvalue weighted by Crippen LogP contribution is 2.28. The van der Waals surface area contributed by atoms with Crippen molar-refractivity contribution >= 4 is 17.3 Å². The van der Waals surface area contributed by atoms with E-state index in [1.807, 2.05) is 0 Å². The van der Waals surface area contributed by atoms with Crippen LogP contribution in [0.2, 0.25) is 0 Å². The van der Waals surface area contributed by atoms with Crippen LogP contribution in [0.3, 0.4) is 0 Å². The number of rotatable bonds is 3. The standard InChI is InChI=1S/C11H6F6N4/c12-3-1-4(13)8(17)9(7(3)16)19-10-5(14)2-6(15)11(20-10)21-18/h1-2H,18H2,(H2,19,20,21). The molecule has 1 aromatic heterocycles. The van der Waals surface area contributed by atoms with E-state index in [9.17, 15) is 26.3 Å². The SMILES string of the molecule is NNc1nc(Nc2c(F)c(F)cc(F)c2F)c(F)cc1F. The summed E-state index contributed by atoms with van der Waals surface area (Å²) in [5.74, 6) is -6.13. The van der Waals surface area contributed by atoms with Crippen molar-refractivity contribution in [2.75, 3.05) is 10.7 Å². The van der Waals surface area contributed by atoms with Crippen molar-refractivity contribution in [2.24, 2.45) is 5.84 Å². The largest absolute Gasteiger partial charge is 0.333 e. The van der Waals surface area contributed by atoms with Gasteiger partial charge < -0.3 is 10.7 Å². The summed E-state index contributed by atoms with van der Waals surface area (Å²) in [4.78, 5) is 3.25. The van der Waals surface area contributed by atoms with Gasteiger partial charge in [0.2, 0.25) is 0 Å². The first kappa shape index (κ1) is 14.9. The highest BCUT2D eigenvalue weighted by molar-refractivity contribution is 5.60. The van der Waals surface area contributed by atoms with Gasteiger partial charge in [-0.05, 0) is 0 Å². The Bertz CT molecular complexity index is 680. The minimum absolute atomic E-state index is 0.0167. The normalized spacial score (nSPS) is 10.6. The third-order valence-electron chi connectivity index (χ3n) is 2.42. The van der Waals surface area contributed by atoms with E-state index in [0.717, 1.165) is 0 Å². The molecule has 0 unspecified atom stereocenters. The maximum Gasteiger partial charge on any atom is 0.185 e. The zero-order valence-corrected chi connectivity index (χ0v) is 9.95. The molecule has 0 amide bonds. The third kappa shape index (κ3) is 2.70. The summed E-state index contributed by atoms with van der Waals surface area (Å²) in [6.45, 7) is 0. The number of hydrogen-bond donors (Lipinski definition) is 3. The molecule has 0 bridgehead atoms. The fourth-order valence-electron chi connectivity index (χ4n) is 1.46. The van der Waals surface area contributed by atoms with Crippen LogP contribution < -0.4 is 16.6 Å². The average Bonchev–Trinajstić information content (AvgIpc) is 2.43. The Labute approximate surface area is 113 Å². The van der Waals surface area contributed by atoms with Crippen LogP contribution in [0.15, 0.2) is 12.1 Å². The summed E-state index contributed by atoms with van der Waals surface area (Å²) in [6, 6.07) is 0.299. The van der Waals surface area contributed by atoms with Crippen LogP contribution in [0, 0.1) is 34.9 Å². The van der Waals surface area contributed by atoms with Crippen LogP contribution in [-0.4, -0.2) is 4.98 Å². The predicted octanol–water partition coefficient (Wildman–Crippen LogP) is 2.95. The number of nitrogens with one attached hydrogen (secondary N) is 2. The Morgan fingerprint density at radius 3 is 1.76 bits per heavy atom. The van der Waals surface area contributed by atoms with Crippen LogP contribution in [0.1, 0.15) is 0 Å². The molecule has 0 aliphatic heterocycles. The molecule has 2 aromatic rings. The molecule has 0 saturated carbocycles. The average molecular weight is 308 g/mol. The topological polar surface area (TPSA) is 63.0 Å². The molecule has 21 heavy (non-hydrogen) atoms. The molecule has 4 nitrogen and oxygen atoms in total. The van der Waals surface area contributed by atoms with Crippen LogP contribution in [0.4, 0.5) is 43.7 Å². The minimum atomic E-state index is -1.79. The van der Waals surface area contributed by atoms with Gasteiger partial charge in [-0.2, -0.15) is 0 Å². The van der Waals surface area contributed by atoms with Gasteiger partial charge in [0.25, 0.3) is 0 Å². The van der Waals surface area contributed by atoms with Crippen molar-refractivity contribution in [1.82, 2.24) is 4.98 Å². The van der Waals surface area contributed by atoms with E-state index >= 15 is 0 Å². The highest BCUT2D eigenvalue weighted by Gasteiger charge is 2.21. The second kappa shape index (κ2) is 5.48. The Kier molecular flexibility index (Phi) is 3.89. The van der Waals surface area contributed by atoms with Gasteiger partial charge in [-0.3, -0.25) is 0 Å². The summed E-state index contributed by atoms with van der Waals surface area (Å²) in [7, 11) is 0. The number of benzene rings is 1. The summed E-state index contributed by atoms with van der Waals surface area (Å²) >= 11 is 0. The lowest BCUT2D eigenvalue weighted by Gasteiger charge is -2.11. The van der Waals surface area contributed by atoms with Crippen molar-refractivity contribution in [3.63, 3.8) is 0 Å². The smallest absolute Gasteiger partial charge is 0.185 e. The van der Waals surface area contributed by atoms with E-state index in [2.05, 4.69) is 4.98 Å². The Balaban J connectivity index is 2.53. The van der Waals surface area contributed by atoms with Gasteiger partial charge in [0, 0.05) is 12.1 Å². The number of hydrazine groups is 1. The molecule has 0 aliphatic rings. The van der Waals surface area contributed by atoms with Crippen molar-refractivity contribution in [2.45, 2.75) is 0 Å². The monoisotopic (exact) mass is 308 g/mol. The van der Waals surface area contributed by atoms with Gasteiger partial charge in [-0.15, -0.1) is 0 Å². The van der Waals surface area contributed by atoms with Gasteiger partial charge >= 0.3 is 0 Å². The Hall–Kier alpha value is -2.49. The number of anilines is 3. The van der Waals surface area contributed by atoms with Gasteiger partial charge in [-0.1, -0.05) is 0 Å². The fraction of sp³-hybridized carbons (Fsp3) is 0. The van der Waals surface area contributed by atoms with Crippen molar-refractivity contribution < 1.29 is 26.3 Å². The van der Waals surface area contributed by atoms with Crippen LogP contribution >= 0.6 is 0 Å². The number of pyridine rings is 1. The van der Waals surface area contributed by atoms with Gasteiger partial charge in [0.05, 0.1) is 0 Å². The maximum absolute atomic E-state index is 13.5. The first-order valence-electron chi connectivity index (χ1n) is 5.27. The number of aromatic nitrogens is 1. The van der Waals surface area contributed by atoms with E-state index in [4.69, 9.17) is 5.84 Å². The minimum Gasteiger partial charge on any atom is -0.333 e. The van der Waals surface area contributed by atoms with Gasteiger partial charge in [0.15, 0.2) is 46.5 Å². The molecule has 0 spiro atoms. The van der Waals surface area contributed by atoms with E-state index in [1.165, 1.54) is 0 Å². The van der Waals surface area contributed by atoms with Crippen molar-refractivity contribution in [1.29, 1.82) is 0 Å². The molecule has 2 rings (SSSR count). The summed E-state index contributed by atoms with van der Waals surface area (Å²) in [5, 5.41) is 1.71. The first-order chi connectivity index (χ1) is 9.85. The fourth-order valence-corrected chi connectivity index (χ4v) is 1.46. The molecule has 1 aromatic carbocycles. The van der Waals surface area contributed by atoms with E-state index in [-0.39, 0.29) is 6.07 Å². The maximum atomic E-state index is 13.5. The Morgan fingerprint density at radius 1 is 0.762 bits per heavy atom. The molecule has 4 N–H and O–H groups in total. The second-order valence-electron chi connectivity index (χ2n) is 3.76. The van der Waals surface area contributed by atoms with Crippen LogP contribution in [0.5, 0.6) is 0 Å². The summed E-state index contributed by atoms with van der Waals surface area (Å²) < 4.78 is 79.4. The van der Waals surface area contributed by atoms with Crippen molar-refractivity contribution in [3.8, 4) is 0 Å². The number of halogens is 6. The van der Waals surface area contributed by atoms with Crippen molar-refractivity contribution in [3.05, 3.63) is 47.0 Å². The lowest BCUT2D eigenvalue weighted by Crippen LogP contribution is -2.13. The van der Waals surface area contributed by atoms with Gasteiger partial charge in [0.1, 0.15) is 5.69 Å². The zero-order valence-electron chi connectivity index (χ0n) is 9.95. The molecule has 0 atom stereocenters. The lowest BCUT2D eigenvalue weighted by molar-refractivity contribution is 0.459. The van der Waals surface area contributed by atoms with Crippen LogP contribution in [0.25, 0.3) is 0 Å². The molecule has 0 aliphatic carbocycles. The third-order valence-corrected chi connectivity index (χ3v) is 2.42. The molecular formula is C11H6F6N4. The first-order valence-corrected chi connectivity index (χ1v) is 5.27.